The largest absolute Gasteiger partial charge is 0.474 e. The number of carbonyl (C=O) groups excluding carboxylic acids is 2. The molecule has 3 rings (SSSR count). The third-order valence-corrected chi connectivity index (χ3v) is 4.46. The van der Waals surface area contributed by atoms with E-state index in [-0.39, 0.29) is 18.1 Å². The second-order valence-corrected chi connectivity index (χ2v) is 6.63. The van der Waals surface area contributed by atoms with Crippen LogP contribution >= 0.6 is 11.6 Å². The van der Waals surface area contributed by atoms with Crippen LogP contribution in [0, 0.1) is 17.0 Å². The number of aryl methyl sites for hydroxylation is 1. The minimum atomic E-state index is -0.795. The molecule has 2 heterocycles. The Morgan fingerprint density at radius 3 is 2.82 bits per heavy atom. The van der Waals surface area contributed by atoms with Crippen molar-refractivity contribution in [2.24, 2.45) is 0 Å². The van der Waals surface area contributed by atoms with Gasteiger partial charge in [0, 0.05) is 16.8 Å². The molecule has 9 nitrogen and oxygen atoms in total. The molecule has 146 valence electrons. The van der Waals surface area contributed by atoms with Gasteiger partial charge in [0.05, 0.1) is 0 Å². The lowest BCUT2D eigenvalue weighted by atomic mass is 10.1. The molecule has 1 aromatic carbocycles. The number of halogens is 1. The first-order valence-electron chi connectivity index (χ1n) is 8.49. The summed E-state index contributed by atoms with van der Waals surface area (Å²) in [4.78, 5) is 40.6. The van der Waals surface area contributed by atoms with Gasteiger partial charge in [-0.25, -0.2) is 0 Å². The summed E-state index contributed by atoms with van der Waals surface area (Å²) in [5.74, 6) is -1.26. The van der Waals surface area contributed by atoms with Crippen LogP contribution in [0.3, 0.4) is 0 Å². The summed E-state index contributed by atoms with van der Waals surface area (Å²) in [6.45, 7) is 3.20. The predicted octanol–water partition coefficient (Wildman–Crippen LogP) is 3.09. The third kappa shape index (κ3) is 3.89. The summed E-state index contributed by atoms with van der Waals surface area (Å²) >= 11 is 5.96. The highest BCUT2D eigenvalue weighted by molar-refractivity contribution is 6.31. The zero-order valence-corrected chi connectivity index (χ0v) is 15.9. The number of amides is 2. The van der Waals surface area contributed by atoms with Crippen LogP contribution in [0.5, 0.6) is 5.75 Å². The van der Waals surface area contributed by atoms with Crippen molar-refractivity contribution in [3.05, 3.63) is 51.0 Å². The fourth-order valence-corrected chi connectivity index (χ4v) is 2.94. The number of carbonyl (C=O) groups is 2. The van der Waals surface area contributed by atoms with Crippen molar-refractivity contribution in [3.8, 4) is 5.75 Å². The molecule has 10 heteroatoms. The molecule has 1 aliphatic heterocycles. The van der Waals surface area contributed by atoms with Crippen LogP contribution < -0.4 is 15.0 Å². The molecular weight excluding hydrogens is 388 g/mol. The molecule has 2 aromatic rings. The summed E-state index contributed by atoms with van der Waals surface area (Å²) < 4.78 is 5.57. The highest BCUT2D eigenvalue weighted by Gasteiger charge is 2.39. The number of aromatic nitrogens is 1. The predicted molar refractivity (Wildman–Crippen MR) is 103 cm³/mol. The van der Waals surface area contributed by atoms with Gasteiger partial charge in [0.25, 0.3) is 11.7 Å². The molecule has 0 bridgehead atoms. The van der Waals surface area contributed by atoms with E-state index in [1.165, 1.54) is 12.1 Å². The van der Waals surface area contributed by atoms with Crippen molar-refractivity contribution in [1.29, 1.82) is 0 Å². The molecule has 0 saturated heterocycles. The molecule has 1 unspecified atom stereocenters. The fraction of sp³-hybridized carbons (Fsp3) is 0.278. The Balaban J connectivity index is 1.90. The van der Waals surface area contributed by atoms with Crippen LogP contribution in [0.4, 0.5) is 17.3 Å². The summed E-state index contributed by atoms with van der Waals surface area (Å²) in [5, 5.41) is 14.2. The maximum atomic E-state index is 12.7. The van der Waals surface area contributed by atoms with E-state index in [1.54, 1.807) is 32.0 Å². The molecule has 0 saturated carbocycles. The molecule has 28 heavy (non-hydrogen) atoms. The van der Waals surface area contributed by atoms with Crippen LogP contribution in [-0.2, 0) is 9.59 Å². The second kappa shape index (κ2) is 7.81. The molecule has 0 spiro atoms. The van der Waals surface area contributed by atoms with Crippen molar-refractivity contribution in [2.45, 2.75) is 26.4 Å². The SMILES string of the molecule is CCC1Oc2ccc([N+](=O)[O-])nc2N(CC(=O)Nc2cc(Cl)ccc2C)C1=O. The quantitative estimate of drug-likeness (QED) is 0.604. The lowest BCUT2D eigenvalue weighted by Crippen LogP contribution is -2.49. The Hall–Kier alpha value is -3.20. The van der Waals surface area contributed by atoms with Gasteiger partial charge in [-0.05, 0) is 47.0 Å². The number of fused-ring (bicyclic) bond motifs is 1. The Kier molecular flexibility index (Phi) is 5.46. The number of nitrogens with one attached hydrogen (secondary N) is 1. The summed E-state index contributed by atoms with van der Waals surface area (Å²) in [7, 11) is 0. The molecule has 1 atom stereocenters. The van der Waals surface area contributed by atoms with Crippen LogP contribution in [0.15, 0.2) is 30.3 Å². The maximum Gasteiger partial charge on any atom is 0.366 e. The fourth-order valence-electron chi connectivity index (χ4n) is 2.77. The Bertz CT molecular complexity index is 965. The molecule has 0 radical (unpaired) electrons. The monoisotopic (exact) mass is 404 g/mol. The van der Waals surface area contributed by atoms with E-state index in [1.807, 2.05) is 0 Å². The number of rotatable bonds is 5. The molecule has 0 fully saturated rings. The van der Waals surface area contributed by atoms with Crippen LogP contribution in [-0.4, -0.2) is 34.4 Å². The van der Waals surface area contributed by atoms with Crippen molar-refractivity contribution in [2.75, 3.05) is 16.8 Å². The number of hydrogen-bond acceptors (Lipinski definition) is 6. The first kappa shape index (κ1) is 19.6. The number of nitrogens with zero attached hydrogens (tertiary/aromatic N) is 3. The van der Waals surface area contributed by atoms with E-state index in [2.05, 4.69) is 10.3 Å². The smallest absolute Gasteiger partial charge is 0.366 e. The van der Waals surface area contributed by atoms with E-state index in [9.17, 15) is 19.7 Å². The molecule has 1 aromatic heterocycles. The molecule has 0 aliphatic carbocycles. The van der Waals surface area contributed by atoms with Gasteiger partial charge in [0.2, 0.25) is 5.91 Å². The molecule has 1 N–H and O–H groups in total. The van der Waals surface area contributed by atoms with Gasteiger partial charge in [0.1, 0.15) is 6.54 Å². The number of pyridine rings is 1. The molecule has 1 aliphatic rings. The van der Waals surface area contributed by atoms with Gasteiger partial charge in [-0.2, -0.15) is 0 Å². The Morgan fingerprint density at radius 1 is 1.39 bits per heavy atom. The lowest BCUT2D eigenvalue weighted by Gasteiger charge is -2.30. The minimum absolute atomic E-state index is 0.0538. The minimum Gasteiger partial charge on any atom is -0.474 e. The Labute approximate surface area is 165 Å². The summed E-state index contributed by atoms with van der Waals surface area (Å²) in [5.41, 5.74) is 1.31. The van der Waals surface area contributed by atoms with Gasteiger partial charge < -0.3 is 20.2 Å². The molecular formula is C18H17ClN4O5. The summed E-state index contributed by atoms with van der Waals surface area (Å²) in [6.07, 6.45) is -0.419. The first-order valence-corrected chi connectivity index (χ1v) is 8.87. The number of hydrogen-bond donors (Lipinski definition) is 1. The average molecular weight is 405 g/mol. The second-order valence-electron chi connectivity index (χ2n) is 6.19. The maximum absolute atomic E-state index is 12.7. The number of ether oxygens (including phenoxy) is 1. The van der Waals surface area contributed by atoms with Gasteiger partial charge in [0.15, 0.2) is 11.9 Å². The van der Waals surface area contributed by atoms with Crippen LogP contribution in [0.1, 0.15) is 18.9 Å². The van der Waals surface area contributed by atoms with Crippen molar-refractivity contribution in [3.63, 3.8) is 0 Å². The number of benzene rings is 1. The standard InChI is InChI=1S/C18H17ClN4O5/c1-3-13-18(25)22(17-14(28-13)6-7-15(21-17)23(26)27)9-16(24)20-12-8-11(19)5-4-10(12)2/h4-8,13H,3,9H2,1-2H3,(H,20,24). The number of nitro groups is 1. The lowest BCUT2D eigenvalue weighted by molar-refractivity contribution is -0.389. The van der Waals surface area contributed by atoms with Gasteiger partial charge in [-0.15, -0.1) is 0 Å². The Morgan fingerprint density at radius 2 is 2.14 bits per heavy atom. The van der Waals surface area contributed by atoms with Crippen molar-refractivity contribution < 1.29 is 19.2 Å². The average Bonchev–Trinajstić information content (AvgIpc) is 2.66. The third-order valence-electron chi connectivity index (χ3n) is 4.22. The normalized spacial score (nSPS) is 15.6. The van der Waals surface area contributed by atoms with E-state index >= 15 is 0 Å². The highest BCUT2D eigenvalue weighted by atomic mass is 35.5. The van der Waals surface area contributed by atoms with Gasteiger partial charge >= 0.3 is 5.82 Å². The molecule has 2 amide bonds. The topological polar surface area (TPSA) is 115 Å². The van der Waals surface area contributed by atoms with Crippen LogP contribution in [0.2, 0.25) is 5.02 Å². The van der Waals surface area contributed by atoms with Crippen LogP contribution in [0.25, 0.3) is 0 Å². The summed E-state index contributed by atoms with van der Waals surface area (Å²) in [6, 6.07) is 7.62. The zero-order chi connectivity index (χ0) is 20.4. The first-order chi connectivity index (χ1) is 13.3. The van der Waals surface area contributed by atoms with E-state index in [0.29, 0.717) is 17.1 Å². The van der Waals surface area contributed by atoms with E-state index in [4.69, 9.17) is 16.3 Å². The van der Waals surface area contributed by atoms with Gasteiger partial charge in [-0.1, -0.05) is 24.6 Å². The zero-order valence-electron chi connectivity index (χ0n) is 15.1. The van der Waals surface area contributed by atoms with E-state index < -0.39 is 28.7 Å². The van der Waals surface area contributed by atoms with Gasteiger partial charge in [-0.3, -0.25) is 14.5 Å². The van der Waals surface area contributed by atoms with Crippen molar-refractivity contribution >= 4 is 40.7 Å². The number of anilines is 2. The van der Waals surface area contributed by atoms with Crippen molar-refractivity contribution in [1.82, 2.24) is 4.98 Å². The van der Waals surface area contributed by atoms with E-state index in [0.717, 1.165) is 10.5 Å². The highest BCUT2D eigenvalue weighted by Crippen LogP contribution is 2.34.